The first kappa shape index (κ1) is 15.6. The minimum atomic E-state index is -2.87. The summed E-state index contributed by atoms with van der Waals surface area (Å²) in [6, 6.07) is 5.78. The van der Waals surface area contributed by atoms with Gasteiger partial charge < -0.3 is 5.21 Å². The second kappa shape index (κ2) is 6.99. The van der Waals surface area contributed by atoms with Gasteiger partial charge in [0.25, 0.3) is 5.92 Å². The van der Waals surface area contributed by atoms with Crippen LogP contribution in [-0.4, -0.2) is 10.9 Å². The number of benzene rings is 1. The zero-order chi connectivity index (χ0) is 13.5. The Morgan fingerprint density at radius 2 is 1.88 bits per heavy atom. The normalized spacial score (nSPS) is 11.8. The Balaban J connectivity index is 0.000000770. The summed E-state index contributed by atoms with van der Waals surface area (Å²) in [7, 11) is 0. The van der Waals surface area contributed by atoms with Crippen LogP contribution in [0, 0.1) is 0 Å². The highest BCUT2D eigenvalue weighted by Crippen LogP contribution is 2.27. The van der Waals surface area contributed by atoms with E-state index in [0.29, 0.717) is 11.3 Å². The molecule has 1 rings (SSSR count). The fraction of sp³-hybridized carbons (Fsp3) is 0.462. The highest BCUT2D eigenvalue weighted by Gasteiger charge is 2.24. The number of hydrogen-bond donors (Lipinski definition) is 1. The van der Waals surface area contributed by atoms with Crippen molar-refractivity contribution in [3.63, 3.8) is 0 Å². The molecule has 0 amide bonds. The van der Waals surface area contributed by atoms with Crippen molar-refractivity contribution in [1.82, 2.24) is 0 Å². The van der Waals surface area contributed by atoms with Gasteiger partial charge in [0.1, 0.15) is 0 Å². The van der Waals surface area contributed by atoms with Crippen molar-refractivity contribution in [1.29, 1.82) is 0 Å². The van der Waals surface area contributed by atoms with Gasteiger partial charge in [0.05, 0.1) is 5.71 Å². The number of hydrogen-bond acceptors (Lipinski definition) is 2. The summed E-state index contributed by atoms with van der Waals surface area (Å²) in [6.45, 7) is 6.63. The smallest absolute Gasteiger partial charge is 0.270 e. The maximum Gasteiger partial charge on any atom is 0.270 e. The standard InChI is InChI=1S/C10H11F2NO.C3H8/c1-7(13-14)8-4-3-5-9(6-8)10(2,11)12;1-3-2/h3-6,14H,1-2H3;3H2,1-2H3/b13-7+;. The Labute approximate surface area is 101 Å². The van der Waals surface area contributed by atoms with E-state index in [1.807, 2.05) is 0 Å². The van der Waals surface area contributed by atoms with Crippen molar-refractivity contribution in [3.8, 4) is 0 Å². The van der Waals surface area contributed by atoms with Crippen LogP contribution >= 0.6 is 0 Å². The Morgan fingerprint density at radius 1 is 1.35 bits per heavy atom. The first-order valence-electron chi connectivity index (χ1n) is 5.54. The maximum absolute atomic E-state index is 12.9. The van der Waals surface area contributed by atoms with Gasteiger partial charge in [0.15, 0.2) is 0 Å². The molecule has 0 atom stereocenters. The van der Waals surface area contributed by atoms with Crippen molar-refractivity contribution in [2.75, 3.05) is 0 Å². The van der Waals surface area contributed by atoms with Crippen LogP contribution in [-0.2, 0) is 5.92 Å². The summed E-state index contributed by atoms with van der Waals surface area (Å²) in [5, 5.41) is 11.4. The van der Waals surface area contributed by atoms with Crippen molar-refractivity contribution >= 4 is 5.71 Å². The Hall–Kier alpha value is -1.45. The number of halogens is 2. The van der Waals surface area contributed by atoms with E-state index in [1.54, 1.807) is 13.0 Å². The van der Waals surface area contributed by atoms with Crippen LogP contribution in [0.1, 0.15) is 45.2 Å². The summed E-state index contributed by atoms with van der Waals surface area (Å²) in [5.74, 6) is -2.87. The molecule has 0 aliphatic rings. The predicted molar refractivity (Wildman–Crippen MR) is 66.0 cm³/mol. The van der Waals surface area contributed by atoms with Gasteiger partial charge >= 0.3 is 0 Å². The van der Waals surface area contributed by atoms with E-state index >= 15 is 0 Å². The van der Waals surface area contributed by atoms with Gasteiger partial charge in [-0.3, -0.25) is 0 Å². The molecular weight excluding hydrogens is 224 g/mol. The Morgan fingerprint density at radius 3 is 2.29 bits per heavy atom. The lowest BCUT2D eigenvalue weighted by molar-refractivity contribution is 0.0174. The molecule has 0 unspecified atom stereocenters. The molecule has 0 aromatic heterocycles. The van der Waals surface area contributed by atoms with Crippen LogP contribution in [0.15, 0.2) is 29.4 Å². The minimum Gasteiger partial charge on any atom is -0.411 e. The summed E-state index contributed by atoms with van der Waals surface area (Å²) in [5.41, 5.74) is 0.723. The topological polar surface area (TPSA) is 32.6 Å². The molecule has 96 valence electrons. The summed E-state index contributed by atoms with van der Waals surface area (Å²) >= 11 is 0. The third-order valence-corrected chi connectivity index (χ3v) is 1.94. The summed E-state index contributed by atoms with van der Waals surface area (Å²) in [6.07, 6.45) is 1.25. The lowest BCUT2D eigenvalue weighted by atomic mass is 10.0. The third-order valence-electron chi connectivity index (χ3n) is 1.94. The van der Waals surface area contributed by atoms with Crippen molar-refractivity contribution in [3.05, 3.63) is 35.4 Å². The first-order chi connectivity index (χ1) is 7.86. The highest BCUT2D eigenvalue weighted by atomic mass is 19.3. The van der Waals surface area contributed by atoms with Crippen molar-refractivity contribution in [2.24, 2.45) is 5.16 Å². The zero-order valence-corrected chi connectivity index (χ0v) is 10.7. The molecule has 0 saturated heterocycles. The van der Waals surface area contributed by atoms with E-state index in [-0.39, 0.29) is 5.56 Å². The fourth-order valence-electron chi connectivity index (χ4n) is 1.08. The van der Waals surface area contributed by atoms with Crippen LogP contribution in [0.4, 0.5) is 8.78 Å². The van der Waals surface area contributed by atoms with Crippen molar-refractivity contribution in [2.45, 2.75) is 40.0 Å². The molecule has 0 radical (unpaired) electrons. The lowest BCUT2D eigenvalue weighted by Gasteiger charge is -2.11. The molecule has 1 N–H and O–H groups in total. The molecule has 4 heteroatoms. The zero-order valence-electron chi connectivity index (χ0n) is 10.7. The predicted octanol–water partition coefficient (Wildman–Crippen LogP) is 4.41. The molecule has 17 heavy (non-hydrogen) atoms. The highest BCUT2D eigenvalue weighted by molar-refractivity contribution is 5.98. The molecule has 0 bridgehead atoms. The van der Waals surface area contributed by atoms with E-state index < -0.39 is 5.92 Å². The largest absolute Gasteiger partial charge is 0.411 e. The van der Waals surface area contributed by atoms with Crippen LogP contribution in [0.25, 0.3) is 0 Å². The molecular formula is C13H19F2NO. The van der Waals surface area contributed by atoms with Crippen LogP contribution in [0.5, 0.6) is 0 Å². The quantitative estimate of drug-likeness (QED) is 0.465. The second-order valence-corrected chi connectivity index (χ2v) is 3.86. The Bertz CT molecular complexity index is 370. The number of rotatable bonds is 2. The third kappa shape index (κ3) is 5.43. The van der Waals surface area contributed by atoms with Gasteiger partial charge in [-0.2, -0.15) is 0 Å². The molecule has 0 saturated carbocycles. The monoisotopic (exact) mass is 243 g/mol. The number of nitrogens with zero attached hydrogens (tertiary/aromatic N) is 1. The minimum absolute atomic E-state index is 0.0852. The molecule has 0 aliphatic carbocycles. The van der Waals surface area contributed by atoms with Gasteiger partial charge in [-0.15, -0.1) is 0 Å². The summed E-state index contributed by atoms with van der Waals surface area (Å²) < 4.78 is 25.8. The fourth-order valence-corrected chi connectivity index (χ4v) is 1.08. The Kier molecular flexibility index (Phi) is 6.39. The first-order valence-corrected chi connectivity index (χ1v) is 5.54. The van der Waals surface area contributed by atoms with Gasteiger partial charge in [0.2, 0.25) is 0 Å². The van der Waals surface area contributed by atoms with Crippen LogP contribution in [0.2, 0.25) is 0 Å². The summed E-state index contributed by atoms with van der Waals surface area (Å²) in [4.78, 5) is 0. The molecule has 1 aromatic carbocycles. The average molecular weight is 243 g/mol. The van der Waals surface area contributed by atoms with Gasteiger partial charge in [-0.1, -0.05) is 43.6 Å². The van der Waals surface area contributed by atoms with E-state index in [9.17, 15) is 8.78 Å². The van der Waals surface area contributed by atoms with E-state index in [4.69, 9.17) is 5.21 Å². The van der Waals surface area contributed by atoms with E-state index in [0.717, 1.165) is 6.92 Å². The van der Waals surface area contributed by atoms with Crippen LogP contribution < -0.4 is 0 Å². The van der Waals surface area contributed by atoms with Gasteiger partial charge in [-0.05, 0) is 18.6 Å². The van der Waals surface area contributed by atoms with E-state index in [1.165, 1.54) is 24.6 Å². The molecule has 1 aromatic rings. The van der Waals surface area contributed by atoms with Gasteiger partial charge in [0, 0.05) is 12.5 Å². The molecule has 0 fully saturated rings. The second-order valence-electron chi connectivity index (χ2n) is 3.86. The van der Waals surface area contributed by atoms with Gasteiger partial charge in [-0.25, -0.2) is 8.78 Å². The lowest BCUT2D eigenvalue weighted by Crippen LogP contribution is -2.08. The average Bonchev–Trinajstić information content (AvgIpc) is 2.28. The van der Waals surface area contributed by atoms with E-state index in [2.05, 4.69) is 19.0 Å². The van der Waals surface area contributed by atoms with Crippen LogP contribution in [0.3, 0.4) is 0 Å². The number of oxime groups is 1. The van der Waals surface area contributed by atoms with Crippen molar-refractivity contribution < 1.29 is 14.0 Å². The number of alkyl halides is 2. The molecule has 0 aliphatic heterocycles. The maximum atomic E-state index is 12.9. The SMILES string of the molecule is C/C(=N\O)c1cccc(C(C)(F)F)c1.CCC. The molecule has 0 heterocycles. The molecule has 2 nitrogen and oxygen atoms in total. The molecule has 0 spiro atoms.